The number of halogens is 1. The van der Waals surface area contributed by atoms with Crippen LogP contribution < -0.4 is 0 Å². The maximum Gasteiger partial charge on any atom is 0.369 e. The summed E-state index contributed by atoms with van der Waals surface area (Å²) >= 11 is 0. The molecule has 0 amide bonds. The Morgan fingerprint density at radius 1 is 1.32 bits per heavy atom. The minimum absolute atomic E-state index is 0.173. The van der Waals surface area contributed by atoms with Crippen LogP contribution in [0.1, 0.15) is 34.1 Å². The van der Waals surface area contributed by atoms with Crippen molar-refractivity contribution in [2.75, 3.05) is 7.11 Å². The molecule has 0 aliphatic carbocycles. The summed E-state index contributed by atoms with van der Waals surface area (Å²) in [6, 6.07) is -1.55. The van der Waals surface area contributed by atoms with Crippen LogP contribution in [0.3, 0.4) is 0 Å². The summed E-state index contributed by atoms with van der Waals surface area (Å²) < 4.78 is 34.9. The topological polar surface area (TPSA) is 157 Å². The fraction of sp³-hybridized carbons (Fsp3) is 0.812. The quantitative estimate of drug-likeness (QED) is 0.217. The average molecular weight is 405 g/mol. The lowest BCUT2D eigenvalue weighted by atomic mass is 9.81. The van der Waals surface area contributed by atoms with Gasteiger partial charge in [-0.25, -0.2) is 9.18 Å². The van der Waals surface area contributed by atoms with Crippen LogP contribution >= 0.6 is 0 Å². The highest BCUT2D eigenvalue weighted by atomic mass is 19.1. The summed E-state index contributed by atoms with van der Waals surface area (Å²) in [7, 11) is 0.906. The van der Waals surface area contributed by atoms with Crippen LogP contribution in [0.2, 0.25) is 0 Å². The highest BCUT2D eigenvalue weighted by Gasteiger charge is 2.61. The average Bonchev–Trinajstić information content (AvgIpc) is 2.63. The SMILES string of the molecule is CC[C@@H](OC(C)=O)C(OC(C)=O)C1OC(O)(C(=O)OC)C(F)C(N=[N+]=[N-])C1C. The molecule has 1 aliphatic rings. The molecule has 1 rings (SSSR count). The number of azide groups is 1. The monoisotopic (exact) mass is 405 g/mol. The van der Waals surface area contributed by atoms with E-state index in [2.05, 4.69) is 14.8 Å². The van der Waals surface area contributed by atoms with Crippen molar-refractivity contribution in [3.63, 3.8) is 0 Å². The minimum atomic E-state index is -3.11. The number of nitrogens with zero attached hydrogens (tertiary/aromatic N) is 3. The summed E-state index contributed by atoms with van der Waals surface area (Å²) in [6.45, 7) is 5.29. The molecule has 0 saturated carbocycles. The Morgan fingerprint density at radius 3 is 2.32 bits per heavy atom. The van der Waals surface area contributed by atoms with Gasteiger partial charge in [-0.1, -0.05) is 19.0 Å². The van der Waals surface area contributed by atoms with Gasteiger partial charge in [0.15, 0.2) is 12.3 Å². The lowest BCUT2D eigenvalue weighted by Crippen LogP contribution is -2.66. The third kappa shape index (κ3) is 4.89. The van der Waals surface area contributed by atoms with E-state index < -0.39 is 60.1 Å². The van der Waals surface area contributed by atoms with Crippen LogP contribution in [-0.2, 0) is 33.3 Å². The van der Waals surface area contributed by atoms with Gasteiger partial charge in [0.05, 0.1) is 13.2 Å². The number of esters is 3. The third-order valence-electron chi connectivity index (χ3n) is 4.42. The molecular weight excluding hydrogens is 381 g/mol. The fourth-order valence-electron chi connectivity index (χ4n) is 3.11. The zero-order valence-corrected chi connectivity index (χ0v) is 16.2. The molecule has 6 unspecified atom stereocenters. The van der Waals surface area contributed by atoms with Crippen molar-refractivity contribution in [1.82, 2.24) is 0 Å². The second-order valence-corrected chi connectivity index (χ2v) is 6.36. The van der Waals surface area contributed by atoms with E-state index in [1.54, 1.807) is 6.92 Å². The Hall–Kier alpha value is -2.43. The van der Waals surface area contributed by atoms with Crippen LogP contribution in [0.4, 0.5) is 4.39 Å². The van der Waals surface area contributed by atoms with Crippen molar-refractivity contribution < 1.29 is 42.8 Å². The first-order chi connectivity index (χ1) is 13.0. The van der Waals surface area contributed by atoms with Gasteiger partial charge in [-0.15, -0.1) is 0 Å². The second kappa shape index (κ2) is 9.67. The number of alkyl halides is 1. The van der Waals surface area contributed by atoms with Crippen LogP contribution in [0, 0.1) is 5.92 Å². The molecule has 158 valence electrons. The molecule has 1 fully saturated rings. The van der Waals surface area contributed by atoms with Gasteiger partial charge in [0.1, 0.15) is 12.2 Å². The molecule has 7 atom stereocenters. The van der Waals surface area contributed by atoms with Gasteiger partial charge in [-0.3, -0.25) is 9.59 Å². The van der Waals surface area contributed by atoms with E-state index in [0.29, 0.717) is 0 Å². The molecule has 0 aromatic heterocycles. The Kier molecular flexibility index (Phi) is 8.15. The van der Waals surface area contributed by atoms with Gasteiger partial charge in [0.25, 0.3) is 5.79 Å². The third-order valence-corrected chi connectivity index (χ3v) is 4.42. The van der Waals surface area contributed by atoms with Gasteiger partial charge in [-0.05, 0) is 17.9 Å². The summed E-state index contributed by atoms with van der Waals surface area (Å²) in [6.07, 6.45) is -5.99. The number of rotatable bonds is 7. The number of aliphatic hydroxyl groups is 1. The molecule has 1 saturated heterocycles. The van der Waals surface area contributed by atoms with E-state index in [9.17, 15) is 23.9 Å². The molecule has 1 N–H and O–H groups in total. The fourth-order valence-corrected chi connectivity index (χ4v) is 3.11. The predicted molar refractivity (Wildman–Crippen MR) is 90.2 cm³/mol. The van der Waals surface area contributed by atoms with Gasteiger partial charge in [0, 0.05) is 18.8 Å². The molecule has 0 radical (unpaired) electrons. The normalized spacial score (nSPS) is 31.7. The standard InChI is InChI=1S/C16H24FN3O8/c1-6-10(26-8(3)21)13(27-9(4)22)12-7(2)11(19-20-18)14(17)16(24,28-12)15(23)25-5/h7,10-14,24H,6H2,1-5H3/t7?,10-,11?,12?,13?,14?,16?/m1/s1. The number of hydrogen-bond acceptors (Lipinski definition) is 9. The Morgan fingerprint density at radius 2 is 1.89 bits per heavy atom. The van der Waals surface area contributed by atoms with E-state index in [-0.39, 0.29) is 6.42 Å². The maximum absolute atomic E-state index is 14.8. The van der Waals surface area contributed by atoms with Crippen LogP contribution in [0.15, 0.2) is 5.11 Å². The second-order valence-electron chi connectivity index (χ2n) is 6.36. The molecule has 28 heavy (non-hydrogen) atoms. The number of carbonyl (C=O) groups excluding carboxylic acids is 3. The highest BCUT2D eigenvalue weighted by molar-refractivity contribution is 5.78. The zero-order chi connectivity index (χ0) is 21.6. The van der Waals surface area contributed by atoms with E-state index >= 15 is 0 Å². The minimum Gasteiger partial charge on any atom is -0.465 e. The Balaban J connectivity index is 3.46. The van der Waals surface area contributed by atoms with Gasteiger partial charge in [0.2, 0.25) is 0 Å². The number of hydrogen-bond donors (Lipinski definition) is 1. The van der Waals surface area contributed by atoms with Crippen molar-refractivity contribution in [3.05, 3.63) is 10.4 Å². The summed E-state index contributed by atoms with van der Waals surface area (Å²) in [5, 5.41) is 13.8. The highest BCUT2D eigenvalue weighted by Crippen LogP contribution is 2.39. The van der Waals surface area contributed by atoms with Gasteiger partial charge < -0.3 is 24.1 Å². The zero-order valence-electron chi connectivity index (χ0n) is 16.2. The summed E-state index contributed by atoms with van der Waals surface area (Å²) in [5.41, 5.74) is 8.76. The van der Waals surface area contributed by atoms with Gasteiger partial charge >= 0.3 is 17.9 Å². The Bertz CT molecular complexity index is 656. The first kappa shape index (κ1) is 23.6. The predicted octanol–water partition coefficient (Wildman–Crippen LogP) is 1.17. The molecule has 0 aromatic rings. The molecule has 1 heterocycles. The largest absolute Gasteiger partial charge is 0.465 e. The lowest BCUT2D eigenvalue weighted by Gasteiger charge is -2.47. The smallest absolute Gasteiger partial charge is 0.369 e. The van der Waals surface area contributed by atoms with Crippen LogP contribution in [-0.4, -0.2) is 66.4 Å². The molecule has 11 nitrogen and oxygen atoms in total. The van der Waals surface area contributed by atoms with E-state index in [1.165, 1.54) is 6.92 Å². The molecular formula is C16H24FN3O8. The molecule has 0 aromatic carbocycles. The first-order valence-corrected chi connectivity index (χ1v) is 8.54. The van der Waals surface area contributed by atoms with Crippen molar-refractivity contribution in [2.24, 2.45) is 11.0 Å². The van der Waals surface area contributed by atoms with Gasteiger partial charge in [-0.2, -0.15) is 0 Å². The number of methoxy groups -OCH3 is 1. The molecule has 0 spiro atoms. The van der Waals surface area contributed by atoms with E-state index in [1.807, 2.05) is 0 Å². The van der Waals surface area contributed by atoms with E-state index in [0.717, 1.165) is 21.0 Å². The maximum atomic E-state index is 14.8. The number of ether oxygens (including phenoxy) is 4. The molecule has 1 aliphatic heterocycles. The Labute approximate surface area is 160 Å². The first-order valence-electron chi connectivity index (χ1n) is 8.54. The summed E-state index contributed by atoms with van der Waals surface area (Å²) in [4.78, 5) is 37.6. The van der Waals surface area contributed by atoms with Crippen LogP contribution in [0.5, 0.6) is 0 Å². The van der Waals surface area contributed by atoms with E-state index in [4.69, 9.17) is 19.7 Å². The lowest BCUT2D eigenvalue weighted by molar-refractivity contribution is -0.312. The molecule has 0 bridgehead atoms. The summed E-state index contributed by atoms with van der Waals surface area (Å²) in [5.74, 6) is -6.99. The van der Waals surface area contributed by atoms with Crippen molar-refractivity contribution in [3.8, 4) is 0 Å². The van der Waals surface area contributed by atoms with Crippen molar-refractivity contribution >= 4 is 17.9 Å². The van der Waals surface area contributed by atoms with Crippen molar-refractivity contribution in [1.29, 1.82) is 0 Å². The van der Waals surface area contributed by atoms with Crippen molar-refractivity contribution in [2.45, 2.75) is 70.4 Å². The molecule has 12 heteroatoms. The number of carbonyl (C=O) groups is 3. The van der Waals surface area contributed by atoms with Crippen LogP contribution in [0.25, 0.3) is 10.4 Å².